The summed E-state index contributed by atoms with van der Waals surface area (Å²) >= 11 is 1.51. The Morgan fingerprint density at radius 3 is 2.61 bits per heavy atom. The Morgan fingerprint density at radius 2 is 1.77 bits per heavy atom. The molecule has 4 aromatic rings. The molecule has 0 atom stereocenters. The monoisotopic (exact) mass is 428 g/mol. The minimum absolute atomic E-state index is 0.255. The van der Waals surface area contributed by atoms with Crippen molar-refractivity contribution in [1.29, 1.82) is 0 Å². The summed E-state index contributed by atoms with van der Waals surface area (Å²) in [6.45, 7) is 0. The lowest BCUT2D eigenvalue weighted by atomic mass is 10.0. The molecule has 0 fully saturated rings. The second-order valence-corrected chi connectivity index (χ2v) is 8.29. The van der Waals surface area contributed by atoms with Crippen molar-refractivity contribution in [3.8, 4) is 11.3 Å². The van der Waals surface area contributed by atoms with Crippen molar-refractivity contribution >= 4 is 22.7 Å². The predicted molar refractivity (Wildman–Crippen MR) is 123 cm³/mol. The Balaban J connectivity index is 1.71. The molecule has 2 aromatic carbocycles. The van der Waals surface area contributed by atoms with Crippen LogP contribution in [0.3, 0.4) is 0 Å². The highest BCUT2D eigenvalue weighted by atomic mass is 32.1. The molecule has 0 unspecified atom stereocenters. The summed E-state index contributed by atoms with van der Waals surface area (Å²) in [5.74, 6) is -0.255. The average Bonchev–Trinajstić information content (AvgIpc) is 3.07. The topological polar surface area (TPSA) is 42.5 Å². The van der Waals surface area contributed by atoms with Crippen LogP contribution in [0.5, 0.6) is 0 Å². The van der Waals surface area contributed by atoms with Crippen molar-refractivity contribution in [2.75, 3.05) is 0 Å². The van der Waals surface area contributed by atoms with Gasteiger partial charge >= 0.3 is 0 Å². The van der Waals surface area contributed by atoms with Gasteiger partial charge in [0.05, 0.1) is 23.3 Å². The Hall–Kier alpha value is -3.38. The number of hydrogen-bond donors (Lipinski definition) is 0. The van der Waals surface area contributed by atoms with Crippen LogP contribution in [0, 0.1) is 5.82 Å². The lowest BCUT2D eigenvalue weighted by Crippen LogP contribution is -2.15. The number of nitrogens with zero attached hydrogens (tertiary/aromatic N) is 4. The van der Waals surface area contributed by atoms with Gasteiger partial charge in [-0.05, 0) is 67.6 Å². The van der Waals surface area contributed by atoms with Crippen LogP contribution >= 0.6 is 11.3 Å². The molecule has 0 radical (unpaired) electrons. The van der Waals surface area contributed by atoms with Crippen LogP contribution in [0.4, 0.5) is 10.1 Å². The van der Waals surface area contributed by atoms with E-state index in [1.54, 1.807) is 24.5 Å². The SMILES string of the molecule is Fc1ccc(-c2csc(=Nc3cccnc3)n2N=C2CCCCc3ccccc32)cc1. The maximum Gasteiger partial charge on any atom is 0.211 e. The van der Waals surface area contributed by atoms with Gasteiger partial charge in [-0.2, -0.15) is 5.10 Å². The average molecular weight is 429 g/mol. The van der Waals surface area contributed by atoms with Gasteiger partial charge in [0.2, 0.25) is 4.80 Å². The van der Waals surface area contributed by atoms with Gasteiger partial charge in [-0.3, -0.25) is 4.98 Å². The minimum Gasteiger partial charge on any atom is -0.262 e. The van der Waals surface area contributed by atoms with Crippen molar-refractivity contribution < 1.29 is 4.39 Å². The number of aryl methyl sites for hydroxylation is 1. The highest BCUT2D eigenvalue weighted by molar-refractivity contribution is 7.07. The van der Waals surface area contributed by atoms with Crippen LogP contribution < -0.4 is 4.80 Å². The molecule has 154 valence electrons. The first-order valence-corrected chi connectivity index (χ1v) is 11.2. The van der Waals surface area contributed by atoms with E-state index >= 15 is 0 Å². The van der Waals surface area contributed by atoms with Crippen LogP contribution in [0.2, 0.25) is 0 Å². The van der Waals surface area contributed by atoms with Gasteiger partial charge < -0.3 is 0 Å². The molecule has 31 heavy (non-hydrogen) atoms. The second-order valence-electron chi connectivity index (χ2n) is 7.46. The zero-order valence-electron chi connectivity index (χ0n) is 16.9. The Labute approximate surface area is 184 Å². The summed E-state index contributed by atoms with van der Waals surface area (Å²) in [6.07, 6.45) is 7.70. The third-order valence-corrected chi connectivity index (χ3v) is 6.17. The van der Waals surface area contributed by atoms with Gasteiger partial charge in [-0.15, -0.1) is 11.3 Å². The molecular formula is C25H21FN4S. The zero-order chi connectivity index (χ0) is 21.0. The Morgan fingerprint density at radius 1 is 0.935 bits per heavy atom. The van der Waals surface area contributed by atoms with Crippen LogP contribution in [0.1, 0.15) is 30.4 Å². The number of fused-ring (bicyclic) bond motifs is 1. The van der Waals surface area contributed by atoms with E-state index in [1.165, 1.54) is 34.6 Å². The first-order chi connectivity index (χ1) is 15.3. The van der Waals surface area contributed by atoms with Crippen LogP contribution in [0.25, 0.3) is 11.3 Å². The van der Waals surface area contributed by atoms with E-state index in [9.17, 15) is 4.39 Å². The molecule has 0 bridgehead atoms. The number of aromatic nitrogens is 2. The molecule has 0 aliphatic heterocycles. The third-order valence-electron chi connectivity index (χ3n) is 5.35. The lowest BCUT2D eigenvalue weighted by molar-refractivity contribution is 0.628. The van der Waals surface area contributed by atoms with Crippen molar-refractivity contribution in [2.45, 2.75) is 25.7 Å². The summed E-state index contributed by atoms with van der Waals surface area (Å²) in [5.41, 5.74) is 6.16. The summed E-state index contributed by atoms with van der Waals surface area (Å²) in [5, 5.41) is 7.13. The number of hydrogen-bond acceptors (Lipinski definition) is 4. The summed E-state index contributed by atoms with van der Waals surface area (Å²) in [6, 6.07) is 18.8. The van der Waals surface area contributed by atoms with E-state index in [0.29, 0.717) is 0 Å². The highest BCUT2D eigenvalue weighted by Crippen LogP contribution is 2.24. The van der Waals surface area contributed by atoms with Crippen molar-refractivity contribution in [2.24, 2.45) is 10.1 Å². The van der Waals surface area contributed by atoms with E-state index in [-0.39, 0.29) is 5.82 Å². The number of benzene rings is 2. The maximum atomic E-state index is 13.5. The maximum absolute atomic E-state index is 13.5. The third kappa shape index (κ3) is 4.25. The molecule has 1 aliphatic carbocycles. The fourth-order valence-corrected chi connectivity index (χ4v) is 4.66. The van der Waals surface area contributed by atoms with Crippen LogP contribution in [0.15, 0.2) is 88.5 Å². The zero-order valence-corrected chi connectivity index (χ0v) is 17.7. The molecule has 0 amide bonds. The van der Waals surface area contributed by atoms with Crippen molar-refractivity contribution in [3.63, 3.8) is 0 Å². The predicted octanol–water partition coefficient (Wildman–Crippen LogP) is 5.96. The molecule has 0 N–H and O–H groups in total. The van der Waals surface area contributed by atoms with Gasteiger partial charge in [0.1, 0.15) is 5.82 Å². The smallest absolute Gasteiger partial charge is 0.211 e. The molecule has 0 spiro atoms. The van der Waals surface area contributed by atoms with E-state index in [1.807, 2.05) is 22.2 Å². The molecule has 2 heterocycles. The standard InChI is InChI=1S/C25H21FN4S/c26-20-13-11-19(12-14-20)24-17-31-25(28-21-8-5-15-27-16-21)30(24)29-23-10-4-2-7-18-6-1-3-9-22(18)23/h1,3,5-6,8-9,11-17H,2,4,7,10H2. The quantitative estimate of drug-likeness (QED) is 0.371. The first-order valence-electron chi connectivity index (χ1n) is 10.4. The molecule has 0 saturated carbocycles. The Bertz CT molecular complexity index is 1290. The Kier molecular flexibility index (Phi) is 5.54. The fraction of sp³-hybridized carbons (Fsp3) is 0.160. The normalized spacial score (nSPS) is 15.6. The van der Waals surface area contributed by atoms with Crippen molar-refractivity contribution in [1.82, 2.24) is 9.66 Å². The van der Waals surface area contributed by atoms with Gasteiger partial charge in [0.15, 0.2) is 0 Å². The highest BCUT2D eigenvalue weighted by Gasteiger charge is 2.16. The second kappa shape index (κ2) is 8.78. The van der Waals surface area contributed by atoms with Gasteiger partial charge in [0, 0.05) is 22.7 Å². The molecule has 6 heteroatoms. The molecule has 0 saturated heterocycles. The van der Waals surface area contributed by atoms with Gasteiger partial charge in [-0.25, -0.2) is 14.1 Å². The van der Waals surface area contributed by atoms with E-state index in [2.05, 4.69) is 29.2 Å². The number of halogens is 1. The summed E-state index contributed by atoms with van der Waals surface area (Å²) in [7, 11) is 0. The van der Waals surface area contributed by atoms with Gasteiger partial charge in [-0.1, -0.05) is 24.3 Å². The molecule has 4 nitrogen and oxygen atoms in total. The molecule has 5 rings (SSSR count). The van der Waals surface area contributed by atoms with Crippen LogP contribution in [-0.2, 0) is 6.42 Å². The fourth-order valence-electron chi connectivity index (χ4n) is 3.81. The lowest BCUT2D eigenvalue weighted by Gasteiger charge is -2.10. The van der Waals surface area contributed by atoms with Crippen LogP contribution in [-0.4, -0.2) is 15.4 Å². The van der Waals surface area contributed by atoms with E-state index in [4.69, 9.17) is 10.1 Å². The van der Waals surface area contributed by atoms with E-state index < -0.39 is 0 Å². The molecular weight excluding hydrogens is 407 g/mol. The molecule has 1 aliphatic rings. The number of pyridine rings is 1. The van der Waals surface area contributed by atoms with Crippen molar-refractivity contribution in [3.05, 3.63) is 100 Å². The first kappa shape index (κ1) is 19.6. The summed E-state index contributed by atoms with van der Waals surface area (Å²) in [4.78, 5) is 9.71. The van der Waals surface area contributed by atoms with Gasteiger partial charge in [0.25, 0.3) is 0 Å². The summed E-state index contributed by atoms with van der Waals surface area (Å²) < 4.78 is 15.4. The minimum atomic E-state index is -0.255. The largest absolute Gasteiger partial charge is 0.262 e. The number of thiazole rings is 1. The van der Waals surface area contributed by atoms with E-state index in [0.717, 1.165) is 53.1 Å². The number of rotatable bonds is 3. The molecule has 2 aromatic heterocycles.